The molecule has 1 aromatic carbocycles. The molecular formula is C37H58N4O4. The summed E-state index contributed by atoms with van der Waals surface area (Å²) >= 11 is 0. The zero-order valence-electron chi connectivity index (χ0n) is 28.5. The standard InChI is InChI=1S/C37H58N4O4/c1-7-28(25(2)3)20-33(42)31(19-27-16-12-9-13-17-27)40-36(45)32(22-30-23-38-24-39-30)41-35(44)29(21-34(43)37(4,5)6)18-26-14-10-8-11-15-26/h8,10-11,14-15,23-25,27-29,31-33,42H,7,9,12-13,16-22H2,1-6H3,(H,38,39)(H,40,45)(H,41,44)/t28-,29+,31-,32-,33-/m0/s1. The normalized spacial score (nSPS) is 17.7. The van der Waals surface area contributed by atoms with E-state index in [1.54, 1.807) is 12.5 Å². The molecule has 1 fully saturated rings. The topological polar surface area (TPSA) is 124 Å². The number of nitrogens with one attached hydrogen (secondary N) is 3. The van der Waals surface area contributed by atoms with E-state index in [4.69, 9.17) is 0 Å². The number of rotatable bonds is 17. The molecule has 5 atom stereocenters. The van der Waals surface area contributed by atoms with Gasteiger partial charge in [-0.1, -0.05) is 110 Å². The van der Waals surface area contributed by atoms with Crippen LogP contribution in [0.1, 0.15) is 111 Å². The lowest BCUT2D eigenvalue weighted by Crippen LogP contribution is -2.55. The Labute approximate surface area is 271 Å². The highest BCUT2D eigenvalue weighted by molar-refractivity contribution is 5.92. The van der Waals surface area contributed by atoms with Crippen LogP contribution < -0.4 is 10.6 Å². The number of ketones is 1. The highest BCUT2D eigenvalue weighted by atomic mass is 16.3. The molecule has 2 aromatic rings. The second-order valence-corrected chi connectivity index (χ2v) is 14.7. The van der Waals surface area contributed by atoms with E-state index in [0.717, 1.165) is 36.9 Å². The zero-order valence-corrected chi connectivity index (χ0v) is 28.5. The molecule has 0 spiro atoms. The summed E-state index contributed by atoms with van der Waals surface area (Å²) in [6.07, 6.45) is 11.4. The van der Waals surface area contributed by atoms with Crippen LogP contribution in [0.3, 0.4) is 0 Å². The first-order valence-electron chi connectivity index (χ1n) is 17.2. The number of H-pyrrole nitrogens is 1. The Morgan fingerprint density at radius 3 is 2.27 bits per heavy atom. The molecule has 2 amide bonds. The van der Waals surface area contributed by atoms with E-state index < -0.39 is 29.5 Å². The average molecular weight is 623 g/mol. The second-order valence-electron chi connectivity index (χ2n) is 14.7. The van der Waals surface area contributed by atoms with Gasteiger partial charge in [0.1, 0.15) is 11.8 Å². The summed E-state index contributed by atoms with van der Waals surface area (Å²) in [5.74, 6) is -0.0408. The minimum atomic E-state index is -0.894. The lowest BCUT2D eigenvalue weighted by molar-refractivity contribution is -0.135. The fourth-order valence-electron chi connectivity index (χ4n) is 6.56. The first-order valence-corrected chi connectivity index (χ1v) is 17.2. The summed E-state index contributed by atoms with van der Waals surface area (Å²) < 4.78 is 0. The molecule has 0 aliphatic heterocycles. The molecule has 0 radical (unpaired) electrons. The van der Waals surface area contributed by atoms with Crippen molar-refractivity contribution < 1.29 is 19.5 Å². The van der Waals surface area contributed by atoms with Crippen molar-refractivity contribution in [2.45, 2.75) is 130 Å². The number of benzene rings is 1. The van der Waals surface area contributed by atoms with Crippen LogP contribution in [-0.4, -0.2) is 50.9 Å². The second kappa shape index (κ2) is 17.6. The van der Waals surface area contributed by atoms with Crippen LogP contribution >= 0.6 is 0 Å². The van der Waals surface area contributed by atoms with Crippen LogP contribution in [0.4, 0.5) is 0 Å². The molecule has 0 unspecified atom stereocenters. The Morgan fingerprint density at radius 2 is 1.69 bits per heavy atom. The predicted octanol–water partition coefficient (Wildman–Crippen LogP) is 6.19. The quantitative estimate of drug-likeness (QED) is 0.168. The molecule has 0 saturated heterocycles. The molecule has 3 rings (SSSR count). The summed E-state index contributed by atoms with van der Waals surface area (Å²) in [7, 11) is 0. The van der Waals surface area contributed by atoms with Gasteiger partial charge in [0.25, 0.3) is 0 Å². The van der Waals surface area contributed by atoms with Gasteiger partial charge in [0.2, 0.25) is 11.8 Å². The van der Waals surface area contributed by atoms with Gasteiger partial charge in [-0.05, 0) is 42.6 Å². The van der Waals surface area contributed by atoms with Crippen LogP contribution in [0.5, 0.6) is 0 Å². The Balaban J connectivity index is 1.84. The summed E-state index contributed by atoms with van der Waals surface area (Å²) in [6, 6.07) is 8.37. The summed E-state index contributed by atoms with van der Waals surface area (Å²) in [4.78, 5) is 48.3. The average Bonchev–Trinajstić information content (AvgIpc) is 3.52. The van der Waals surface area contributed by atoms with Gasteiger partial charge in [-0.2, -0.15) is 0 Å². The Morgan fingerprint density at radius 1 is 1.00 bits per heavy atom. The summed E-state index contributed by atoms with van der Waals surface area (Å²) in [5, 5.41) is 17.7. The maximum atomic E-state index is 14.1. The molecule has 8 heteroatoms. The number of aliphatic hydroxyl groups is 1. The Kier molecular flexibility index (Phi) is 14.3. The van der Waals surface area contributed by atoms with Gasteiger partial charge in [-0.15, -0.1) is 0 Å². The van der Waals surface area contributed by atoms with E-state index in [1.807, 2.05) is 51.1 Å². The SMILES string of the molecule is CC[C@@H](C[C@H](O)[C@H](CC1CCCCC1)NC(=O)[C@H](Cc1cnc[nH]1)NC(=O)[C@@H](CC(=O)C(C)(C)C)Cc1ccccc1)C(C)C. The van der Waals surface area contributed by atoms with E-state index in [1.165, 1.54) is 19.3 Å². The lowest BCUT2D eigenvalue weighted by Gasteiger charge is -2.33. The van der Waals surface area contributed by atoms with Crippen molar-refractivity contribution in [2.24, 2.45) is 29.1 Å². The molecule has 250 valence electrons. The largest absolute Gasteiger partial charge is 0.391 e. The van der Waals surface area contributed by atoms with Gasteiger partial charge in [-0.3, -0.25) is 14.4 Å². The maximum Gasteiger partial charge on any atom is 0.243 e. The van der Waals surface area contributed by atoms with Crippen LogP contribution in [0.15, 0.2) is 42.9 Å². The van der Waals surface area contributed by atoms with Crippen LogP contribution in [0, 0.1) is 29.1 Å². The first kappa shape index (κ1) is 36.5. The summed E-state index contributed by atoms with van der Waals surface area (Å²) in [6.45, 7) is 12.1. The Hall–Kier alpha value is -3.00. The van der Waals surface area contributed by atoms with Gasteiger partial charge in [0.15, 0.2) is 0 Å². The van der Waals surface area contributed by atoms with Gasteiger partial charge >= 0.3 is 0 Å². The number of aliphatic hydroxyl groups excluding tert-OH is 1. The number of hydrogen-bond donors (Lipinski definition) is 4. The van der Waals surface area contributed by atoms with Gasteiger partial charge < -0.3 is 20.7 Å². The molecule has 1 aliphatic carbocycles. The number of aromatic nitrogens is 2. The van der Waals surface area contributed by atoms with E-state index >= 15 is 0 Å². The third kappa shape index (κ3) is 12.0. The first-order chi connectivity index (χ1) is 21.4. The van der Waals surface area contributed by atoms with Crippen molar-refractivity contribution in [2.75, 3.05) is 0 Å². The minimum absolute atomic E-state index is 0.000510. The van der Waals surface area contributed by atoms with Crippen molar-refractivity contribution in [1.82, 2.24) is 20.6 Å². The van der Waals surface area contributed by atoms with Crippen molar-refractivity contribution >= 4 is 17.6 Å². The van der Waals surface area contributed by atoms with Crippen LogP contribution in [0.25, 0.3) is 0 Å². The van der Waals surface area contributed by atoms with E-state index in [0.29, 0.717) is 30.6 Å². The van der Waals surface area contributed by atoms with Crippen molar-refractivity contribution in [1.29, 1.82) is 0 Å². The third-order valence-electron chi connectivity index (χ3n) is 9.69. The van der Waals surface area contributed by atoms with E-state index in [-0.39, 0.29) is 30.4 Å². The molecule has 45 heavy (non-hydrogen) atoms. The number of amides is 2. The van der Waals surface area contributed by atoms with Crippen LogP contribution in [-0.2, 0) is 27.2 Å². The highest BCUT2D eigenvalue weighted by Gasteiger charge is 2.34. The molecular weight excluding hydrogens is 564 g/mol. The molecule has 1 heterocycles. The number of carbonyl (C=O) groups excluding carboxylic acids is 3. The van der Waals surface area contributed by atoms with Crippen molar-refractivity contribution in [3.05, 3.63) is 54.1 Å². The summed E-state index contributed by atoms with van der Waals surface area (Å²) in [5.41, 5.74) is 1.09. The fraction of sp³-hybridized carbons (Fsp3) is 0.676. The smallest absolute Gasteiger partial charge is 0.243 e. The molecule has 8 nitrogen and oxygen atoms in total. The number of hydrogen-bond acceptors (Lipinski definition) is 5. The lowest BCUT2D eigenvalue weighted by atomic mass is 9.80. The van der Waals surface area contributed by atoms with Crippen molar-refractivity contribution in [3.8, 4) is 0 Å². The van der Waals surface area contributed by atoms with Gasteiger partial charge in [-0.25, -0.2) is 4.98 Å². The predicted molar refractivity (Wildman–Crippen MR) is 179 cm³/mol. The number of carbonyl (C=O) groups is 3. The van der Waals surface area contributed by atoms with Crippen LogP contribution in [0.2, 0.25) is 0 Å². The van der Waals surface area contributed by atoms with E-state index in [2.05, 4.69) is 41.4 Å². The van der Waals surface area contributed by atoms with Gasteiger partial charge in [0, 0.05) is 36.1 Å². The number of Topliss-reactive ketones (excluding diaryl/α,β-unsaturated/α-hetero) is 1. The molecule has 1 saturated carbocycles. The number of nitrogens with zero attached hydrogens (tertiary/aromatic N) is 1. The maximum absolute atomic E-state index is 14.1. The Bertz CT molecular complexity index is 1170. The molecule has 1 aromatic heterocycles. The van der Waals surface area contributed by atoms with Crippen molar-refractivity contribution in [3.63, 3.8) is 0 Å². The zero-order chi connectivity index (χ0) is 33.0. The van der Waals surface area contributed by atoms with Gasteiger partial charge in [0.05, 0.1) is 18.5 Å². The fourth-order valence-corrected chi connectivity index (χ4v) is 6.56. The molecule has 0 bridgehead atoms. The number of imidazole rings is 1. The van der Waals surface area contributed by atoms with E-state index in [9.17, 15) is 19.5 Å². The highest BCUT2D eigenvalue weighted by Crippen LogP contribution is 2.30. The molecule has 4 N–H and O–H groups in total. The minimum Gasteiger partial charge on any atom is -0.391 e. The monoisotopic (exact) mass is 622 g/mol. The third-order valence-corrected chi connectivity index (χ3v) is 9.69. The molecule has 1 aliphatic rings. The number of aromatic amines is 1.